The molecule has 4 rings (SSSR count). The van der Waals surface area contributed by atoms with Crippen LogP contribution in [0.4, 0.5) is 13.2 Å². The van der Waals surface area contributed by atoms with Crippen molar-refractivity contribution in [2.75, 3.05) is 19.8 Å². The molecule has 0 bridgehead atoms. The van der Waals surface area contributed by atoms with Gasteiger partial charge in [-0.05, 0) is 42.3 Å². The van der Waals surface area contributed by atoms with E-state index < -0.39 is 30.7 Å². The molecule has 1 saturated heterocycles. The summed E-state index contributed by atoms with van der Waals surface area (Å²) >= 11 is 0. The number of hydrogen-bond acceptors (Lipinski definition) is 6. The zero-order chi connectivity index (χ0) is 25.7. The number of aromatic nitrogens is 2. The Bertz CT molecular complexity index is 1200. The lowest BCUT2D eigenvalue weighted by Gasteiger charge is -2.21. The molecule has 1 aliphatic heterocycles. The van der Waals surface area contributed by atoms with Gasteiger partial charge in [0.25, 0.3) is 0 Å². The van der Waals surface area contributed by atoms with Crippen LogP contribution in [0.2, 0.25) is 0 Å². The summed E-state index contributed by atoms with van der Waals surface area (Å²) in [6.45, 7) is 1.20. The molecule has 2 heterocycles. The molecule has 4 atom stereocenters. The van der Waals surface area contributed by atoms with Crippen LogP contribution < -0.4 is 4.74 Å². The van der Waals surface area contributed by atoms with E-state index in [1.165, 1.54) is 0 Å². The number of rotatable bonds is 7. The molecule has 1 aromatic heterocycles. The maximum atomic E-state index is 12.5. The molecule has 0 saturated carbocycles. The first-order valence-electron chi connectivity index (χ1n) is 11.3. The molecule has 0 amide bonds. The van der Waals surface area contributed by atoms with Crippen molar-refractivity contribution in [1.82, 2.24) is 9.55 Å². The first-order valence-corrected chi connectivity index (χ1v) is 11.3. The van der Waals surface area contributed by atoms with Crippen LogP contribution in [0.5, 0.6) is 5.75 Å². The molecule has 0 aliphatic carbocycles. The summed E-state index contributed by atoms with van der Waals surface area (Å²) < 4.78 is 54.1. The zero-order valence-electron chi connectivity index (χ0n) is 19.4. The second-order valence-electron chi connectivity index (χ2n) is 8.23. The largest absolute Gasteiger partial charge is 0.522 e. The Morgan fingerprint density at radius 3 is 2.33 bits per heavy atom. The predicted octanol–water partition coefficient (Wildman–Crippen LogP) is 3.87. The molecule has 10 heteroatoms. The van der Waals surface area contributed by atoms with Crippen molar-refractivity contribution in [3.8, 4) is 28.7 Å². The number of halogens is 3. The van der Waals surface area contributed by atoms with E-state index in [1.54, 1.807) is 36.0 Å². The average molecular weight is 502 g/mol. The average Bonchev–Trinajstić information content (AvgIpc) is 3.50. The predicted molar refractivity (Wildman–Crippen MR) is 124 cm³/mol. The van der Waals surface area contributed by atoms with Gasteiger partial charge in [0.05, 0.1) is 19.8 Å². The van der Waals surface area contributed by atoms with E-state index in [-0.39, 0.29) is 19.8 Å². The van der Waals surface area contributed by atoms with Crippen LogP contribution in [0.3, 0.4) is 0 Å². The molecule has 1 fully saturated rings. The first kappa shape index (κ1) is 25.7. The standard InChI is InChI=1S/C26H25F3N2O5/c1-17(33)25-30-12-13-31(25)21(14-32)9-4-18-2-5-19(6-3-18)20-7-10-22(11-8-20)35-23-15-34-16-24(23)36-26(27,28)29/h2-3,5-8,10-13,17,21,23-24,32-33H,14-16H2,1H3/t17-,21-,23?,24+/m0/s1. The summed E-state index contributed by atoms with van der Waals surface area (Å²) in [6.07, 6.45) is -4.38. The molecule has 36 heavy (non-hydrogen) atoms. The second kappa shape index (κ2) is 11.1. The van der Waals surface area contributed by atoms with Gasteiger partial charge in [0.2, 0.25) is 0 Å². The minimum absolute atomic E-state index is 0.0172. The third kappa shape index (κ3) is 6.44. The third-order valence-corrected chi connectivity index (χ3v) is 5.59. The summed E-state index contributed by atoms with van der Waals surface area (Å²) in [5.74, 6) is 6.88. The van der Waals surface area contributed by atoms with Crippen molar-refractivity contribution < 1.29 is 37.6 Å². The Hall–Kier alpha value is -3.36. The molecule has 2 aromatic carbocycles. The fourth-order valence-corrected chi connectivity index (χ4v) is 3.83. The highest BCUT2D eigenvalue weighted by Crippen LogP contribution is 2.28. The van der Waals surface area contributed by atoms with Crippen molar-refractivity contribution >= 4 is 0 Å². The SMILES string of the molecule is C[C@H](O)c1nccn1[C@@H](C#Cc1ccc(-c2ccc(OC3COC[C@H]3OC(F)(F)F)cc2)cc1)CO. The lowest BCUT2D eigenvalue weighted by molar-refractivity contribution is -0.346. The van der Waals surface area contributed by atoms with E-state index in [9.17, 15) is 23.4 Å². The Kier molecular flexibility index (Phi) is 7.96. The third-order valence-electron chi connectivity index (χ3n) is 5.59. The Balaban J connectivity index is 1.40. The molecule has 190 valence electrons. The number of aliphatic hydroxyl groups is 2. The van der Waals surface area contributed by atoms with E-state index in [0.717, 1.165) is 16.7 Å². The lowest BCUT2D eigenvalue weighted by atomic mass is 10.0. The minimum atomic E-state index is -4.75. The van der Waals surface area contributed by atoms with Gasteiger partial charge in [-0.1, -0.05) is 36.1 Å². The number of benzene rings is 2. The molecule has 1 aliphatic rings. The van der Waals surface area contributed by atoms with E-state index in [0.29, 0.717) is 11.6 Å². The van der Waals surface area contributed by atoms with Gasteiger partial charge in [-0.3, -0.25) is 4.74 Å². The highest BCUT2D eigenvalue weighted by Gasteiger charge is 2.41. The van der Waals surface area contributed by atoms with Crippen molar-refractivity contribution in [2.45, 2.75) is 37.6 Å². The van der Waals surface area contributed by atoms with Crippen molar-refractivity contribution in [3.05, 3.63) is 72.3 Å². The van der Waals surface area contributed by atoms with Crippen LogP contribution in [-0.4, -0.2) is 58.2 Å². The van der Waals surface area contributed by atoms with Gasteiger partial charge >= 0.3 is 6.36 Å². The maximum absolute atomic E-state index is 12.5. The van der Waals surface area contributed by atoms with Crippen LogP contribution in [-0.2, 0) is 9.47 Å². The van der Waals surface area contributed by atoms with Crippen LogP contribution in [0, 0.1) is 11.8 Å². The zero-order valence-corrected chi connectivity index (χ0v) is 19.4. The van der Waals surface area contributed by atoms with Crippen LogP contribution in [0.1, 0.15) is 30.5 Å². The monoisotopic (exact) mass is 502 g/mol. The number of nitrogens with zero attached hydrogens (tertiary/aromatic N) is 2. The number of alkyl halides is 3. The molecule has 0 radical (unpaired) electrons. The van der Waals surface area contributed by atoms with Gasteiger partial charge in [0.1, 0.15) is 29.8 Å². The number of imidazole rings is 1. The van der Waals surface area contributed by atoms with Crippen LogP contribution in [0.15, 0.2) is 60.9 Å². The van der Waals surface area contributed by atoms with E-state index >= 15 is 0 Å². The molecule has 2 N–H and O–H groups in total. The van der Waals surface area contributed by atoms with Crippen molar-refractivity contribution in [2.24, 2.45) is 0 Å². The summed E-state index contributed by atoms with van der Waals surface area (Å²) in [5, 5.41) is 19.6. The van der Waals surface area contributed by atoms with E-state index in [2.05, 4.69) is 21.6 Å². The molecular weight excluding hydrogens is 477 g/mol. The van der Waals surface area contributed by atoms with Gasteiger partial charge in [0, 0.05) is 18.0 Å². The maximum Gasteiger partial charge on any atom is 0.522 e. The summed E-state index contributed by atoms with van der Waals surface area (Å²) in [6, 6.07) is 13.9. The van der Waals surface area contributed by atoms with Crippen LogP contribution in [0.25, 0.3) is 11.1 Å². The van der Waals surface area contributed by atoms with Gasteiger partial charge < -0.3 is 24.3 Å². The molecular formula is C26H25F3N2O5. The van der Waals surface area contributed by atoms with Gasteiger partial charge in [-0.15, -0.1) is 13.2 Å². The summed E-state index contributed by atoms with van der Waals surface area (Å²) in [5.41, 5.74) is 2.55. The lowest BCUT2D eigenvalue weighted by Crippen LogP contribution is -2.36. The second-order valence-corrected chi connectivity index (χ2v) is 8.23. The fraction of sp³-hybridized carbons (Fsp3) is 0.346. The Morgan fingerprint density at radius 1 is 1.08 bits per heavy atom. The summed E-state index contributed by atoms with van der Waals surface area (Å²) in [7, 11) is 0. The highest BCUT2D eigenvalue weighted by molar-refractivity contribution is 5.65. The first-order chi connectivity index (χ1) is 17.2. The molecule has 0 spiro atoms. The van der Waals surface area contributed by atoms with Gasteiger partial charge in [-0.2, -0.15) is 0 Å². The topological polar surface area (TPSA) is 86.0 Å². The molecule has 3 aromatic rings. The smallest absolute Gasteiger partial charge is 0.485 e. The Labute approximate surface area is 206 Å². The molecule has 7 nitrogen and oxygen atoms in total. The number of hydrogen-bond donors (Lipinski definition) is 2. The fourth-order valence-electron chi connectivity index (χ4n) is 3.83. The quantitative estimate of drug-likeness (QED) is 0.477. The highest BCUT2D eigenvalue weighted by atomic mass is 19.4. The van der Waals surface area contributed by atoms with E-state index in [1.807, 2.05) is 36.4 Å². The normalized spacial score (nSPS) is 19.4. The number of ether oxygens (including phenoxy) is 3. The number of aliphatic hydroxyl groups excluding tert-OH is 2. The van der Waals surface area contributed by atoms with E-state index in [4.69, 9.17) is 9.47 Å². The molecule has 1 unspecified atom stereocenters. The van der Waals surface area contributed by atoms with Gasteiger partial charge in [0.15, 0.2) is 6.10 Å². The van der Waals surface area contributed by atoms with Gasteiger partial charge in [-0.25, -0.2) is 4.98 Å². The summed E-state index contributed by atoms with van der Waals surface area (Å²) in [4.78, 5) is 4.10. The van der Waals surface area contributed by atoms with Crippen LogP contribution >= 0.6 is 0 Å². The van der Waals surface area contributed by atoms with Crippen molar-refractivity contribution in [3.63, 3.8) is 0 Å². The van der Waals surface area contributed by atoms with Crippen molar-refractivity contribution in [1.29, 1.82) is 0 Å². The Morgan fingerprint density at radius 2 is 1.72 bits per heavy atom. The minimum Gasteiger partial charge on any atom is -0.485 e.